The second-order valence-corrected chi connectivity index (χ2v) is 4.74. The van der Waals surface area contributed by atoms with E-state index in [9.17, 15) is 0 Å². The Hall–Kier alpha value is -1.67. The fourth-order valence-electron chi connectivity index (χ4n) is 2.17. The van der Waals surface area contributed by atoms with Crippen LogP contribution >= 0.6 is 11.6 Å². The van der Waals surface area contributed by atoms with Gasteiger partial charge in [0.2, 0.25) is 0 Å². The summed E-state index contributed by atoms with van der Waals surface area (Å²) in [6.45, 7) is 2.06. The maximum atomic E-state index is 6.05. The minimum Gasteiger partial charge on any atom is -0.172 e. The monoisotopic (exact) mass is 242 g/mol. The summed E-state index contributed by atoms with van der Waals surface area (Å²) in [5.41, 5.74) is 2.68. The summed E-state index contributed by atoms with van der Waals surface area (Å²) in [5.74, 6) is 0. The van der Waals surface area contributed by atoms with Crippen molar-refractivity contribution in [3.8, 4) is 0 Å². The number of benzene rings is 2. The van der Waals surface area contributed by atoms with Crippen molar-refractivity contribution in [2.75, 3.05) is 0 Å². The molecule has 0 radical (unpaired) electrons. The summed E-state index contributed by atoms with van der Waals surface area (Å²) >= 11 is 6.05. The molecule has 1 unspecified atom stereocenters. The van der Waals surface area contributed by atoms with E-state index >= 15 is 0 Å². The Morgan fingerprint density at radius 3 is 2.59 bits per heavy atom. The van der Waals surface area contributed by atoms with Gasteiger partial charge in [-0.1, -0.05) is 41.9 Å². The molecule has 3 heteroatoms. The van der Waals surface area contributed by atoms with Crippen molar-refractivity contribution in [3.63, 3.8) is 0 Å². The predicted octanol–water partition coefficient (Wildman–Crippen LogP) is 4.70. The maximum Gasteiger partial charge on any atom is 0.131 e. The highest BCUT2D eigenvalue weighted by Crippen LogP contribution is 2.45. The molecule has 1 aliphatic heterocycles. The largest absolute Gasteiger partial charge is 0.172 e. The second-order valence-electron chi connectivity index (χ2n) is 4.30. The number of azo groups is 1. The van der Waals surface area contributed by atoms with Gasteiger partial charge in [0.05, 0.1) is 5.69 Å². The number of fused-ring (bicyclic) bond motifs is 1. The predicted molar refractivity (Wildman–Crippen MR) is 68.9 cm³/mol. The highest BCUT2D eigenvalue weighted by atomic mass is 35.5. The third-order valence-corrected chi connectivity index (χ3v) is 3.41. The zero-order chi connectivity index (χ0) is 11.9. The molecule has 17 heavy (non-hydrogen) atoms. The van der Waals surface area contributed by atoms with E-state index < -0.39 is 5.54 Å². The van der Waals surface area contributed by atoms with Gasteiger partial charge in [0.25, 0.3) is 0 Å². The topological polar surface area (TPSA) is 24.7 Å². The van der Waals surface area contributed by atoms with Gasteiger partial charge >= 0.3 is 0 Å². The Balaban J connectivity index is 2.20. The average Bonchev–Trinajstić information content (AvgIpc) is 2.70. The summed E-state index contributed by atoms with van der Waals surface area (Å²) < 4.78 is 0. The Morgan fingerprint density at radius 2 is 1.82 bits per heavy atom. The van der Waals surface area contributed by atoms with E-state index in [1.54, 1.807) is 0 Å². The van der Waals surface area contributed by atoms with Gasteiger partial charge in [0.15, 0.2) is 0 Å². The summed E-state index contributed by atoms with van der Waals surface area (Å²) in [5, 5.41) is 9.37. The highest BCUT2D eigenvalue weighted by molar-refractivity contribution is 6.30. The van der Waals surface area contributed by atoms with Gasteiger partial charge in [-0.3, -0.25) is 0 Å². The van der Waals surface area contributed by atoms with Gasteiger partial charge in [-0.2, -0.15) is 10.2 Å². The molecule has 0 spiro atoms. The molecule has 3 rings (SSSR count). The standard InChI is InChI=1S/C14H11ClN2/c1-14(10-5-3-2-4-6-10)12-9-11(15)7-8-13(12)16-17-14/h2-9H,1H3. The van der Waals surface area contributed by atoms with Crippen LogP contribution in [0.4, 0.5) is 5.69 Å². The molecule has 0 N–H and O–H groups in total. The molecule has 0 saturated heterocycles. The molecule has 2 aromatic carbocycles. The fourth-order valence-corrected chi connectivity index (χ4v) is 2.34. The molecule has 0 aliphatic carbocycles. The van der Waals surface area contributed by atoms with Gasteiger partial charge in [-0.05, 0) is 30.7 Å². The van der Waals surface area contributed by atoms with Gasteiger partial charge in [-0.25, -0.2) is 0 Å². The molecular formula is C14H11ClN2. The molecule has 1 heterocycles. The van der Waals surface area contributed by atoms with Gasteiger partial charge in [-0.15, -0.1) is 0 Å². The molecular weight excluding hydrogens is 232 g/mol. The Kier molecular flexibility index (Phi) is 2.26. The summed E-state index contributed by atoms with van der Waals surface area (Å²) in [6.07, 6.45) is 0. The Labute approximate surface area is 105 Å². The van der Waals surface area contributed by atoms with Crippen LogP contribution in [0.5, 0.6) is 0 Å². The summed E-state index contributed by atoms with van der Waals surface area (Å²) in [7, 11) is 0. The number of rotatable bonds is 1. The molecule has 0 fully saturated rings. The van der Waals surface area contributed by atoms with Gasteiger partial charge in [0, 0.05) is 10.6 Å². The minimum atomic E-state index is -0.415. The molecule has 0 saturated carbocycles. The lowest BCUT2D eigenvalue weighted by atomic mass is 9.85. The van der Waals surface area contributed by atoms with Crippen molar-refractivity contribution >= 4 is 17.3 Å². The average molecular weight is 243 g/mol. The van der Waals surface area contributed by atoms with E-state index in [0.29, 0.717) is 0 Å². The number of hydrogen-bond donors (Lipinski definition) is 0. The zero-order valence-corrected chi connectivity index (χ0v) is 10.1. The normalized spacial score (nSPS) is 21.5. The second kappa shape index (κ2) is 3.67. The first-order valence-electron chi connectivity index (χ1n) is 5.48. The van der Waals surface area contributed by atoms with Crippen molar-refractivity contribution in [1.82, 2.24) is 0 Å². The Bertz CT molecular complexity index is 592. The SMILES string of the molecule is CC1(c2ccccc2)N=Nc2ccc(Cl)cc21. The minimum absolute atomic E-state index is 0.415. The molecule has 1 atom stereocenters. The van der Waals surface area contributed by atoms with Crippen molar-refractivity contribution < 1.29 is 0 Å². The van der Waals surface area contributed by atoms with Gasteiger partial charge < -0.3 is 0 Å². The van der Waals surface area contributed by atoms with E-state index in [1.807, 2.05) is 36.4 Å². The molecule has 0 bridgehead atoms. The van der Waals surface area contributed by atoms with Crippen LogP contribution in [0.25, 0.3) is 0 Å². The lowest BCUT2D eigenvalue weighted by Gasteiger charge is -2.21. The molecule has 1 aliphatic rings. The van der Waals surface area contributed by atoms with Crippen molar-refractivity contribution in [1.29, 1.82) is 0 Å². The number of hydrogen-bond acceptors (Lipinski definition) is 2. The van der Waals surface area contributed by atoms with Crippen LogP contribution in [-0.4, -0.2) is 0 Å². The lowest BCUT2D eigenvalue weighted by molar-refractivity contribution is 0.603. The molecule has 2 nitrogen and oxygen atoms in total. The summed E-state index contributed by atoms with van der Waals surface area (Å²) in [4.78, 5) is 0. The zero-order valence-electron chi connectivity index (χ0n) is 9.39. The molecule has 0 aromatic heterocycles. The quantitative estimate of drug-likeness (QED) is 0.693. The van der Waals surface area contributed by atoms with Crippen LogP contribution in [0.1, 0.15) is 18.1 Å². The van der Waals surface area contributed by atoms with Gasteiger partial charge in [0.1, 0.15) is 5.54 Å². The van der Waals surface area contributed by atoms with E-state index in [1.165, 1.54) is 0 Å². The first-order chi connectivity index (χ1) is 8.20. The highest BCUT2D eigenvalue weighted by Gasteiger charge is 2.35. The summed E-state index contributed by atoms with van der Waals surface area (Å²) in [6, 6.07) is 15.9. The maximum absolute atomic E-state index is 6.05. The molecule has 2 aromatic rings. The first kappa shape index (κ1) is 10.5. The number of nitrogens with zero attached hydrogens (tertiary/aromatic N) is 2. The lowest BCUT2D eigenvalue weighted by Crippen LogP contribution is -2.17. The molecule has 84 valence electrons. The fraction of sp³-hybridized carbons (Fsp3) is 0.143. The Morgan fingerprint density at radius 1 is 1.06 bits per heavy atom. The van der Waals surface area contributed by atoms with E-state index in [0.717, 1.165) is 21.8 Å². The third-order valence-electron chi connectivity index (χ3n) is 3.18. The van der Waals surface area contributed by atoms with E-state index in [4.69, 9.17) is 11.6 Å². The van der Waals surface area contributed by atoms with Crippen molar-refractivity contribution in [3.05, 3.63) is 64.7 Å². The first-order valence-corrected chi connectivity index (χ1v) is 5.86. The smallest absolute Gasteiger partial charge is 0.131 e. The van der Waals surface area contributed by atoms with Crippen LogP contribution < -0.4 is 0 Å². The third kappa shape index (κ3) is 1.56. The van der Waals surface area contributed by atoms with Crippen LogP contribution in [0.3, 0.4) is 0 Å². The molecule has 0 amide bonds. The number of halogens is 1. The van der Waals surface area contributed by atoms with Crippen molar-refractivity contribution in [2.45, 2.75) is 12.5 Å². The van der Waals surface area contributed by atoms with Crippen LogP contribution in [0.2, 0.25) is 5.02 Å². The van der Waals surface area contributed by atoms with E-state index in [2.05, 4.69) is 29.3 Å². The van der Waals surface area contributed by atoms with Crippen LogP contribution in [0, 0.1) is 0 Å². The van der Waals surface area contributed by atoms with Crippen LogP contribution in [-0.2, 0) is 5.54 Å². The van der Waals surface area contributed by atoms with Crippen molar-refractivity contribution in [2.24, 2.45) is 10.2 Å². The van der Waals surface area contributed by atoms with E-state index in [-0.39, 0.29) is 0 Å². The van der Waals surface area contributed by atoms with Crippen LogP contribution in [0.15, 0.2) is 58.8 Å².